The molecule has 0 radical (unpaired) electrons. The first kappa shape index (κ1) is 15.8. The smallest absolute Gasteiger partial charge is 0.191 e. The van der Waals surface area contributed by atoms with Crippen LogP contribution in [0.1, 0.15) is 31.7 Å². The van der Waals surface area contributed by atoms with E-state index >= 15 is 0 Å². The largest absolute Gasteiger partial charge is 0.383 e. The number of ether oxygens (including phenoxy) is 1. The van der Waals surface area contributed by atoms with E-state index in [9.17, 15) is 4.39 Å². The van der Waals surface area contributed by atoms with Crippen molar-refractivity contribution in [2.24, 2.45) is 4.99 Å². The van der Waals surface area contributed by atoms with Gasteiger partial charge < -0.3 is 15.4 Å². The minimum absolute atomic E-state index is 0.124. The number of nitrogens with zero attached hydrogens (tertiary/aromatic N) is 1. The number of rotatable bonds is 6. The number of methoxy groups -OCH3 is 1. The summed E-state index contributed by atoms with van der Waals surface area (Å²) >= 11 is 0. The molecule has 0 spiro atoms. The molecular weight excluding hydrogens is 269 g/mol. The quantitative estimate of drug-likeness (QED) is 0.625. The normalized spacial score (nSPS) is 22.8. The van der Waals surface area contributed by atoms with Crippen molar-refractivity contribution in [2.75, 3.05) is 20.3 Å². The van der Waals surface area contributed by atoms with Crippen LogP contribution in [0.4, 0.5) is 4.39 Å². The van der Waals surface area contributed by atoms with Gasteiger partial charge >= 0.3 is 0 Å². The average Bonchev–Trinajstić information content (AvgIpc) is 3.18. The summed E-state index contributed by atoms with van der Waals surface area (Å²) < 4.78 is 18.9. The van der Waals surface area contributed by atoms with Crippen LogP contribution in [0.5, 0.6) is 0 Å². The lowest BCUT2D eigenvalue weighted by atomic mass is 10.1. The van der Waals surface area contributed by atoms with E-state index in [2.05, 4.69) is 15.6 Å². The van der Waals surface area contributed by atoms with E-state index in [1.54, 1.807) is 13.2 Å². The van der Waals surface area contributed by atoms with E-state index in [1.807, 2.05) is 26.0 Å². The third-order valence-electron chi connectivity index (χ3n) is 3.53. The minimum Gasteiger partial charge on any atom is -0.383 e. The maximum atomic E-state index is 13.8. The standard InChI is InChI=1S/C16H24FN3O/c1-4-18-16(19-11(2)10-21-3)20-15-9-13(15)12-7-5-6-8-14(12)17/h5-8,11,13,15H,4,9-10H2,1-3H3,(H2,18,19,20). The van der Waals surface area contributed by atoms with Crippen LogP contribution >= 0.6 is 0 Å². The van der Waals surface area contributed by atoms with Gasteiger partial charge in [0.2, 0.25) is 0 Å². The highest BCUT2D eigenvalue weighted by molar-refractivity contribution is 5.81. The van der Waals surface area contributed by atoms with Crippen molar-refractivity contribution in [3.63, 3.8) is 0 Å². The maximum Gasteiger partial charge on any atom is 0.191 e. The Hall–Kier alpha value is -1.62. The Morgan fingerprint density at radius 1 is 1.48 bits per heavy atom. The fraction of sp³-hybridized carbons (Fsp3) is 0.562. The van der Waals surface area contributed by atoms with Gasteiger partial charge in [-0.3, -0.25) is 4.99 Å². The number of hydrogen-bond acceptors (Lipinski definition) is 2. The van der Waals surface area contributed by atoms with Gasteiger partial charge in [-0.2, -0.15) is 0 Å². The van der Waals surface area contributed by atoms with Gasteiger partial charge in [0.05, 0.1) is 6.61 Å². The average molecular weight is 293 g/mol. The van der Waals surface area contributed by atoms with Gasteiger partial charge in [-0.1, -0.05) is 18.2 Å². The molecule has 1 aliphatic carbocycles. The molecule has 4 nitrogen and oxygen atoms in total. The third kappa shape index (κ3) is 4.43. The van der Waals surface area contributed by atoms with Gasteiger partial charge in [0.1, 0.15) is 5.82 Å². The number of halogens is 1. The highest BCUT2D eigenvalue weighted by Crippen LogP contribution is 2.41. The van der Waals surface area contributed by atoms with Gasteiger partial charge in [0, 0.05) is 31.7 Å². The zero-order valence-corrected chi connectivity index (χ0v) is 12.9. The van der Waals surface area contributed by atoms with E-state index in [0.29, 0.717) is 13.2 Å². The van der Waals surface area contributed by atoms with Crippen molar-refractivity contribution in [3.8, 4) is 0 Å². The Bertz CT molecular complexity index is 492. The second kappa shape index (κ2) is 7.41. The van der Waals surface area contributed by atoms with Gasteiger partial charge in [-0.05, 0) is 31.9 Å². The predicted molar refractivity (Wildman–Crippen MR) is 83.1 cm³/mol. The molecule has 2 rings (SSSR count). The molecule has 5 heteroatoms. The molecule has 2 N–H and O–H groups in total. The molecule has 0 aromatic heterocycles. The third-order valence-corrected chi connectivity index (χ3v) is 3.53. The lowest BCUT2D eigenvalue weighted by Crippen LogP contribution is -2.45. The summed E-state index contributed by atoms with van der Waals surface area (Å²) in [6.45, 7) is 5.35. The molecule has 21 heavy (non-hydrogen) atoms. The fourth-order valence-electron chi connectivity index (χ4n) is 2.47. The van der Waals surface area contributed by atoms with Crippen molar-refractivity contribution < 1.29 is 9.13 Å². The number of benzene rings is 1. The monoisotopic (exact) mass is 293 g/mol. The Morgan fingerprint density at radius 2 is 2.24 bits per heavy atom. The first-order valence-electron chi connectivity index (χ1n) is 7.46. The highest BCUT2D eigenvalue weighted by atomic mass is 19.1. The summed E-state index contributed by atoms with van der Waals surface area (Å²) in [6.07, 6.45) is 0.935. The second-order valence-corrected chi connectivity index (χ2v) is 5.44. The van der Waals surface area contributed by atoms with E-state index in [-0.39, 0.29) is 23.8 Å². The molecule has 0 amide bonds. The van der Waals surface area contributed by atoms with Crippen LogP contribution in [0.15, 0.2) is 29.3 Å². The van der Waals surface area contributed by atoms with Crippen LogP contribution in [0.3, 0.4) is 0 Å². The fourth-order valence-corrected chi connectivity index (χ4v) is 2.47. The van der Waals surface area contributed by atoms with Crippen LogP contribution in [0.2, 0.25) is 0 Å². The van der Waals surface area contributed by atoms with Gasteiger partial charge in [-0.15, -0.1) is 0 Å². The van der Waals surface area contributed by atoms with Crippen molar-refractivity contribution in [3.05, 3.63) is 35.6 Å². The Labute approximate surface area is 125 Å². The van der Waals surface area contributed by atoms with Crippen molar-refractivity contribution >= 4 is 5.96 Å². The molecule has 0 saturated heterocycles. The number of nitrogens with one attached hydrogen (secondary N) is 2. The van der Waals surface area contributed by atoms with Crippen molar-refractivity contribution in [2.45, 2.75) is 38.3 Å². The first-order valence-corrected chi connectivity index (χ1v) is 7.46. The van der Waals surface area contributed by atoms with Gasteiger partial charge in [0.25, 0.3) is 0 Å². The first-order chi connectivity index (χ1) is 10.2. The molecule has 1 aromatic rings. The minimum atomic E-state index is -0.124. The lowest BCUT2D eigenvalue weighted by Gasteiger charge is -2.17. The Morgan fingerprint density at radius 3 is 2.90 bits per heavy atom. The van der Waals surface area contributed by atoms with Crippen LogP contribution in [-0.2, 0) is 4.74 Å². The molecule has 1 aliphatic rings. The summed E-state index contributed by atoms with van der Waals surface area (Å²) in [5.74, 6) is 0.875. The molecule has 1 saturated carbocycles. The SMILES string of the molecule is CCN=C(NC(C)COC)NC1CC1c1ccccc1F. The Kier molecular flexibility index (Phi) is 5.56. The van der Waals surface area contributed by atoms with Gasteiger partial charge in [0.15, 0.2) is 5.96 Å². The zero-order valence-electron chi connectivity index (χ0n) is 12.9. The molecule has 0 heterocycles. The molecule has 0 aliphatic heterocycles. The van der Waals surface area contributed by atoms with E-state index in [0.717, 1.165) is 17.9 Å². The summed E-state index contributed by atoms with van der Waals surface area (Å²) in [4.78, 5) is 4.42. The van der Waals surface area contributed by atoms with Gasteiger partial charge in [-0.25, -0.2) is 4.39 Å². The second-order valence-electron chi connectivity index (χ2n) is 5.44. The molecule has 3 atom stereocenters. The summed E-state index contributed by atoms with van der Waals surface area (Å²) in [5.41, 5.74) is 0.788. The molecule has 1 aromatic carbocycles. The highest BCUT2D eigenvalue weighted by Gasteiger charge is 2.40. The molecule has 116 valence electrons. The topological polar surface area (TPSA) is 45.7 Å². The van der Waals surface area contributed by atoms with Crippen molar-refractivity contribution in [1.29, 1.82) is 0 Å². The molecule has 0 bridgehead atoms. The number of guanidine groups is 1. The molecule has 1 fully saturated rings. The van der Waals surface area contributed by atoms with Crippen LogP contribution < -0.4 is 10.6 Å². The maximum absolute atomic E-state index is 13.8. The number of aliphatic imine (C=N–C) groups is 1. The summed E-state index contributed by atoms with van der Waals surface area (Å²) in [6, 6.07) is 7.41. The zero-order chi connectivity index (χ0) is 15.2. The Balaban J connectivity index is 1.92. The number of hydrogen-bond donors (Lipinski definition) is 2. The predicted octanol–water partition coefficient (Wildman–Crippen LogP) is 2.27. The molecule has 3 unspecified atom stereocenters. The van der Waals surface area contributed by atoms with E-state index in [1.165, 1.54) is 6.07 Å². The van der Waals surface area contributed by atoms with Crippen molar-refractivity contribution in [1.82, 2.24) is 10.6 Å². The van der Waals surface area contributed by atoms with Crippen LogP contribution in [0, 0.1) is 5.82 Å². The molecular formula is C16H24FN3O. The lowest BCUT2D eigenvalue weighted by molar-refractivity contribution is 0.179. The summed E-state index contributed by atoms with van der Waals surface area (Å²) in [5, 5.41) is 6.67. The van der Waals surface area contributed by atoms with Crippen LogP contribution in [-0.4, -0.2) is 38.3 Å². The van der Waals surface area contributed by atoms with Crippen LogP contribution in [0.25, 0.3) is 0 Å². The van der Waals surface area contributed by atoms with E-state index in [4.69, 9.17) is 4.74 Å². The van der Waals surface area contributed by atoms with E-state index < -0.39 is 0 Å². The summed E-state index contributed by atoms with van der Waals surface area (Å²) in [7, 11) is 1.68.